The van der Waals surface area contributed by atoms with E-state index in [1.54, 1.807) is 6.92 Å². The van der Waals surface area contributed by atoms with E-state index in [9.17, 15) is 10.2 Å². The van der Waals surface area contributed by atoms with E-state index in [1.165, 1.54) is 44.3 Å². The summed E-state index contributed by atoms with van der Waals surface area (Å²) in [5.41, 5.74) is 2.22. The van der Waals surface area contributed by atoms with Gasteiger partial charge in [0.05, 0.1) is 6.61 Å². The number of rotatable bonds is 4. The third-order valence-electron chi connectivity index (χ3n) is 7.03. The van der Waals surface area contributed by atoms with Crippen LogP contribution in [0.2, 0.25) is 0 Å². The van der Waals surface area contributed by atoms with Crippen LogP contribution in [-0.4, -0.2) is 84.2 Å². The zero-order chi connectivity index (χ0) is 20.9. The molecule has 2 N–H and O–H groups in total. The van der Waals surface area contributed by atoms with Crippen molar-refractivity contribution in [3.63, 3.8) is 0 Å². The molecule has 30 heavy (non-hydrogen) atoms. The van der Waals surface area contributed by atoms with Gasteiger partial charge in [0, 0.05) is 49.9 Å². The molecule has 0 amide bonds. The predicted molar refractivity (Wildman–Crippen MR) is 118 cm³/mol. The van der Waals surface area contributed by atoms with Gasteiger partial charge in [-0.25, -0.2) is 0 Å². The summed E-state index contributed by atoms with van der Waals surface area (Å²) in [5.74, 6) is 6.95. The third-order valence-corrected chi connectivity index (χ3v) is 7.03. The fraction of sp³-hybridized carbons (Fsp3) is 0.680. The lowest BCUT2D eigenvalue weighted by molar-refractivity contribution is -0.0677. The van der Waals surface area contributed by atoms with E-state index in [1.807, 2.05) is 12.1 Å². The molecule has 164 valence electrons. The maximum atomic E-state index is 10.1. The first-order chi connectivity index (χ1) is 14.7. The van der Waals surface area contributed by atoms with Gasteiger partial charge in [-0.15, -0.1) is 0 Å². The molecule has 0 bridgehead atoms. The monoisotopic (exact) mass is 412 g/mol. The standard InChI is InChI=1S/C25H36N2O3/c1-19(29)4-5-20-6-8-22(9-7-20)25-23-17-26(16-21-10-14-30-15-11-21)12-2-3-13-27(23)24(25)18-28/h6-9,19,21,23-25,28-29H,2-3,10-18H2,1H3/t19-,23-,24-,25+/m0/s1. The number of hydrogen-bond acceptors (Lipinski definition) is 5. The minimum absolute atomic E-state index is 0.213. The van der Waals surface area contributed by atoms with E-state index < -0.39 is 6.10 Å². The molecule has 0 spiro atoms. The molecule has 5 nitrogen and oxygen atoms in total. The molecule has 4 rings (SSSR count). The SMILES string of the molecule is C[C@H](O)C#Cc1ccc([C@H]2[C@H](CO)N3CCCCN(CC4CCOCC4)C[C@@H]23)cc1. The molecule has 0 radical (unpaired) electrons. The molecule has 1 aromatic rings. The molecule has 3 fully saturated rings. The molecule has 1 aromatic carbocycles. The maximum Gasteiger partial charge on any atom is 0.112 e. The number of aliphatic hydroxyl groups is 2. The Kier molecular flexibility index (Phi) is 7.45. The van der Waals surface area contributed by atoms with E-state index in [0.717, 1.165) is 37.8 Å². The largest absolute Gasteiger partial charge is 0.395 e. The van der Waals surface area contributed by atoms with Gasteiger partial charge in [0.25, 0.3) is 0 Å². The average Bonchev–Trinajstić information content (AvgIpc) is 2.74. The van der Waals surface area contributed by atoms with Crippen molar-refractivity contribution in [2.75, 3.05) is 46.0 Å². The highest BCUT2D eigenvalue weighted by Gasteiger charge is 2.49. The number of benzene rings is 1. The van der Waals surface area contributed by atoms with Gasteiger partial charge in [-0.2, -0.15) is 0 Å². The number of fused-ring (bicyclic) bond motifs is 1. The van der Waals surface area contributed by atoms with E-state index >= 15 is 0 Å². The van der Waals surface area contributed by atoms with E-state index in [-0.39, 0.29) is 12.6 Å². The summed E-state index contributed by atoms with van der Waals surface area (Å²) in [4.78, 5) is 5.22. The Bertz CT molecular complexity index is 733. The summed E-state index contributed by atoms with van der Waals surface area (Å²) < 4.78 is 5.55. The Balaban J connectivity index is 1.47. The lowest BCUT2D eigenvalue weighted by atomic mass is 9.74. The highest BCUT2D eigenvalue weighted by molar-refractivity contribution is 5.39. The van der Waals surface area contributed by atoms with Crippen molar-refractivity contribution in [1.82, 2.24) is 9.80 Å². The minimum Gasteiger partial charge on any atom is -0.395 e. The van der Waals surface area contributed by atoms with Crippen LogP contribution in [0.15, 0.2) is 24.3 Å². The van der Waals surface area contributed by atoms with Gasteiger partial charge >= 0.3 is 0 Å². The molecule has 4 atom stereocenters. The summed E-state index contributed by atoms with van der Waals surface area (Å²) in [6.45, 7) is 8.25. The summed E-state index contributed by atoms with van der Waals surface area (Å²) in [5, 5.41) is 19.5. The van der Waals surface area contributed by atoms with Crippen molar-refractivity contribution in [3.8, 4) is 11.8 Å². The summed E-state index contributed by atoms with van der Waals surface area (Å²) in [7, 11) is 0. The summed E-state index contributed by atoms with van der Waals surface area (Å²) >= 11 is 0. The lowest BCUT2D eigenvalue weighted by Crippen LogP contribution is -2.67. The van der Waals surface area contributed by atoms with E-state index in [2.05, 4.69) is 33.8 Å². The molecule has 0 aliphatic carbocycles. The zero-order valence-electron chi connectivity index (χ0n) is 18.2. The first kappa shape index (κ1) is 21.8. The van der Waals surface area contributed by atoms with Gasteiger partial charge in [-0.05, 0) is 69.3 Å². The van der Waals surface area contributed by atoms with Crippen LogP contribution >= 0.6 is 0 Å². The van der Waals surface area contributed by atoms with Gasteiger partial charge in [-0.1, -0.05) is 24.0 Å². The van der Waals surface area contributed by atoms with Gasteiger partial charge in [-0.3, -0.25) is 4.90 Å². The molecule has 3 heterocycles. The molecule has 3 aliphatic rings. The van der Waals surface area contributed by atoms with Crippen LogP contribution in [0.25, 0.3) is 0 Å². The quantitative estimate of drug-likeness (QED) is 0.742. The molecular weight excluding hydrogens is 376 g/mol. The maximum absolute atomic E-state index is 10.1. The second-order valence-electron chi connectivity index (χ2n) is 9.17. The molecule has 3 saturated heterocycles. The summed E-state index contributed by atoms with van der Waals surface area (Å²) in [6, 6.07) is 9.11. The topological polar surface area (TPSA) is 56.2 Å². The van der Waals surface area contributed by atoms with Gasteiger partial charge in [0.1, 0.15) is 6.10 Å². The number of nitrogens with zero attached hydrogens (tertiary/aromatic N) is 2. The van der Waals surface area contributed by atoms with Crippen LogP contribution in [0.1, 0.15) is 49.7 Å². The number of hydrogen-bond donors (Lipinski definition) is 2. The van der Waals surface area contributed by atoms with Crippen molar-refractivity contribution in [2.24, 2.45) is 5.92 Å². The van der Waals surface area contributed by atoms with Crippen LogP contribution in [0.3, 0.4) is 0 Å². The van der Waals surface area contributed by atoms with Crippen molar-refractivity contribution in [2.45, 2.75) is 56.7 Å². The minimum atomic E-state index is -0.611. The Hall–Kier alpha value is -1.42. The Morgan fingerprint density at radius 1 is 1.13 bits per heavy atom. The van der Waals surface area contributed by atoms with E-state index in [0.29, 0.717) is 12.0 Å². The normalized spacial score (nSPS) is 29.6. The Morgan fingerprint density at radius 3 is 2.57 bits per heavy atom. The van der Waals surface area contributed by atoms with Crippen molar-refractivity contribution < 1.29 is 14.9 Å². The van der Waals surface area contributed by atoms with Crippen molar-refractivity contribution in [3.05, 3.63) is 35.4 Å². The van der Waals surface area contributed by atoms with Gasteiger partial charge < -0.3 is 19.8 Å². The van der Waals surface area contributed by atoms with Crippen LogP contribution in [0.5, 0.6) is 0 Å². The molecule has 0 aromatic heterocycles. The Morgan fingerprint density at radius 2 is 1.87 bits per heavy atom. The lowest BCUT2D eigenvalue weighted by Gasteiger charge is -2.57. The molecule has 0 saturated carbocycles. The first-order valence-corrected chi connectivity index (χ1v) is 11.6. The fourth-order valence-electron chi connectivity index (χ4n) is 5.45. The summed E-state index contributed by atoms with van der Waals surface area (Å²) in [6.07, 6.45) is 4.20. The fourth-order valence-corrected chi connectivity index (χ4v) is 5.45. The molecule has 5 heteroatoms. The van der Waals surface area contributed by atoms with Gasteiger partial charge in [0.2, 0.25) is 0 Å². The predicted octanol–water partition coefficient (Wildman–Crippen LogP) is 2.07. The second kappa shape index (κ2) is 10.3. The molecule has 0 unspecified atom stereocenters. The van der Waals surface area contributed by atoms with Crippen LogP contribution in [0.4, 0.5) is 0 Å². The highest BCUT2D eigenvalue weighted by atomic mass is 16.5. The second-order valence-corrected chi connectivity index (χ2v) is 9.17. The van der Waals surface area contributed by atoms with Crippen molar-refractivity contribution >= 4 is 0 Å². The zero-order valence-corrected chi connectivity index (χ0v) is 18.2. The van der Waals surface area contributed by atoms with Gasteiger partial charge in [0.15, 0.2) is 0 Å². The van der Waals surface area contributed by atoms with E-state index in [4.69, 9.17) is 4.74 Å². The van der Waals surface area contributed by atoms with Crippen LogP contribution in [0, 0.1) is 17.8 Å². The number of aliphatic hydroxyl groups excluding tert-OH is 2. The first-order valence-electron chi connectivity index (χ1n) is 11.6. The third kappa shape index (κ3) is 5.07. The molecular formula is C25H36N2O3. The number of ether oxygens (including phenoxy) is 1. The van der Waals surface area contributed by atoms with Crippen LogP contribution in [-0.2, 0) is 4.74 Å². The van der Waals surface area contributed by atoms with Crippen molar-refractivity contribution in [1.29, 1.82) is 0 Å². The van der Waals surface area contributed by atoms with Crippen LogP contribution < -0.4 is 0 Å². The smallest absolute Gasteiger partial charge is 0.112 e. The Labute approximate surface area is 181 Å². The highest BCUT2D eigenvalue weighted by Crippen LogP contribution is 2.42. The average molecular weight is 413 g/mol. The molecule has 3 aliphatic heterocycles.